The van der Waals surface area contributed by atoms with Gasteiger partial charge < -0.3 is 24.8 Å². The third kappa shape index (κ3) is 2.90. The second kappa shape index (κ2) is 7.57. The summed E-state index contributed by atoms with van der Waals surface area (Å²) in [5, 5.41) is 32.4. The van der Waals surface area contributed by atoms with Crippen LogP contribution in [0.1, 0.15) is 58.8 Å². The van der Waals surface area contributed by atoms with Crippen LogP contribution < -0.4 is 0 Å². The van der Waals surface area contributed by atoms with Crippen LogP contribution in [0.2, 0.25) is 0 Å². The van der Waals surface area contributed by atoms with Crippen LogP contribution in [0.25, 0.3) is 0 Å². The summed E-state index contributed by atoms with van der Waals surface area (Å²) in [5.41, 5.74) is -3.02. The molecule has 0 amide bonds. The molecule has 0 unspecified atom stereocenters. The zero-order valence-corrected chi connectivity index (χ0v) is 19.3. The summed E-state index contributed by atoms with van der Waals surface area (Å²) in [5.74, 6) is -3.60. The SMILES string of the molecule is C[C@@]12C(=CC(=O)C3=C1OC(=O)CCC(=O)O3)CC[C@@H]1[C@@H]2[C@@H](O)C[C@@]2(C)[C@H]1CC[C@]2(O)C(=O)CO. The Morgan fingerprint density at radius 1 is 1.09 bits per heavy atom. The topological polar surface area (TPSA) is 147 Å². The molecule has 1 heterocycles. The zero-order valence-electron chi connectivity index (χ0n) is 19.3. The van der Waals surface area contributed by atoms with Crippen molar-refractivity contribution in [2.75, 3.05) is 6.61 Å². The van der Waals surface area contributed by atoms with E-state index in [9.17, 15) is 34.5 Å². The van der Waals surface area contributed by atoms with E-state index < -0.39 is 58.6 Å². The van der Waals surface area contributed by atoms with E-state index in [0.29, 0.717) is 24.8 Å². The number of carbonyl (C=O) groups excluding carboxylic acids is 4. The van der Waals surface area contributed by atoms with Gasteiger partial charge in [-0.2, -0.15) is 0 Å². The quantitative estimate of drug-likeness (QED) is 0.500. The van der Waals surface area contributed by atoms with Crippen molar-refractivity contribution in [3.63, 3.8) is 0 Å². The van der Waals surface area contributed by atoms with Crippen molar-refractivity contribution in [3.05, 3.63) is 23.2 Å². The Morgan fingerprint density at radius 3 is 2.44 bits per heavy atom. The summed E-state index contributed by atoms with van der Waals surface area (Å²) >= 11 is 0. The van der Waals surface area contributed by atoms with Crippen LogP contribution in [0.15, 0.2) is 23.2 Å². The van der Waals surface area contributed by atoms with Crippen LogP contribution in [-0.2, 0) is 28.7 Å². The fourth-order valence-corrected chi connectivity index (χ4v) is 7.83. The molecule has 5 rings (SSSR count). The highest BCUT2D eigenvalue weighted by atomic mass is 16.6. The predicted octanol–water partition coefficient (Wildman–Crippen LogP) is 1.09. The Hall–Kier alpha value is -2.36. The number of esters is 2. The van der Waals surface area contributed by atoms with Gasteiger partial charge in [0.25, 0.3) is 0 Å². The van der Waals surface area contributed by atoms with Crippen molar-refractivity contribution in [2.45, 2.75) is 70.5 Å². The van der Waals surface area contributed by atoms with Gasteiger partial charge in [-0.1, -0.05) is 12.5 Å². The summed E-state index contributed by atoms with van der Waals surface area (Å²) in [4.78, 5) is 50.1. The average molecular weight is 475 g/mol. The summed E-state index contributed by atoms with van der Waals surface area (Å²) in [6.07, 6.45) is 2.03. The fourth-order valence-electron chi connectivity index (χ4n) is 7.83. The molecule has 5 aliphatic rings. The summed E-state index contributed by atoms with van der Waals surface area (Å²) in [6, 6.07) is 0. The van der Waals surface area contributed by atoms with E-state index in [2.05, 4.69) is 0 Å². The monoisotopic (exact) mass is 474 g/mol. The first-order valence-electron chi connectivity index (χ1n) is 11.9. The molecular formula is C25H30O9. The first kappa shape index (κ1) is 23.4. The summed E-state index contributed by atoms with van der Waals surface area (Å²) < 4.78 is 11.0. The lowest BCUT2D eigenvalue weighted by atomic mass is 9.45. The van der Waals surface area contributed by atoms with Crippen LogP contribution in [-0.4, -0.2) is 57.1 Å². The molecule has 3 N–H and O–H groups in total. The number of aliphatic hydroxyl groups excluding tert-OH is 2. The Morgan fingerprint density at radius 2 is 1.76 bits per heavy atom. The third-order valence-electron chi connectivity index (χ3n) is 9.46. The van der Waals surface area contributed by atoms with Gasteiger partial charge in [0.1, 0.15) is 12.2 Å². The van der Waals surface area contributed by atoms with Crippen molar-refractivity contribution in [1.82, 2.24) is 0 Å². The lowest BCUT2D eigenvalue weighted by molar-refractivity contribution is -0.183. The Labute approximate surface area is 196 Å². The van der Waals surface area contributed by atoms with Crippen molar-refractivity contribution >= 4 is 23.5 Å². The molecule has 7 atom stereocenters. The first-order valence-corrected chi connectivity index (χ1v) is 11.9. The van der Waals surface area contributed by atoms with E-state index in [1.165, 1.54) is 6.08 Å². The van der Waals surface area contributed by atoms with Crippen molar-refractivity contribution < 1.29 is 44.0 Å². The van der Waals surface area contributed by atoms with Gasteiger partial charge in [-0.25, -0.2) is 0 Å². The lowest BCUT2D eigenvalue weighted by Gasteiger charge is -2.60. The predicted molar refractivity (Wildman–Crippen MR) is 114 cm³/mol. The molecule has 0 aromatic rings. The van der Waals surface area contributed by atoms with Gasteiger partial charge in [0, 0.05) is 11.3 Å². The third-order valence-corrected chi connectivity index (χ3v) is 9.46. The number of hydrogen-bond acceptors (Lipinski definition) is 9. The van der Waals surface area contributed by atoms with Crippen LogP contribution >= 0.6 is 0 Å². The highest BCUT2D eigenvalue weighted by Crippen LogP contribution is 2.68. The molecule has 0 bridgehead atoms. The molecule has 3 fully saturated rings. The maximum atomic E-state index is 12.9. The highest BCUT2D eigenvalue weighted by Gasteiger charge is 2.69. The maximum Gasteiger partial charge on any atom is 0.312 e. The van der Waals surface area contributed by atoms with E-state index >= 15 is 0 Å². The molecule has 4 aliphatic carbocycles. The fraction of sp³-hybridized carbons (Fsp3) is 0.680. The van der Waals surface area contributed by atoms with Crippen LogP contribution in [0.3, 0.4) is 0 Å². The van der Waals surface area contributed by atoms with E-state index in [0.717, 1.165) is 0 Å². The van der Waals surface area contributed by atoms with Gasteiger partial charge in [0.05, 0.1) is 24.4 Å². The minimum atomic E-state index is -1.73. The van der Waals surface area contributed by atoms with Gasteiger partial charge in [0.2, 0.25) is 11.5 Å². The molecule has 0 spiro atoms. The molecule has 9 heteroatoms. The molecule has 3 saturated carbocycles. The van der Waals surface area contributed by atoms with Gasteiger partial charge in [-0.3, -0.25) is 19.2 Å². The second-order valence-electron chi connectivity index (χ2n) is 10.8. The van der Waals surface area contributed by atoms with E-state index in [1.54, 1.807) is 6.92 Å². The minimum absolute atomic E-state index is 0.0231. The number of hydrogen-bond donors (Lipinski definition) is 3. The van der Waals surface area contributed by atoms with Gasteiger partial charge >= 0.3 is 11.9 Å². The number of Topliss-reactive ketones (excluding diaryl/α,β-unsaturated/α-hetero) is 1. The molecule has 0 radical (unpaired) electrons. The number of fused-ring (bicyclic) bond motifs is 6. The van der Waals surface area contributed by atoms with Gasteiger partial charge in [-0.15, -0.1) is 0 Å². The smallest absolute Gasteiger partial charge is 0.312 e. The number of rotatable bonds is 2. The van der Waals surface area contributed by atoms with E-state index in [1.807, 2.05) is 6.92 Å². The molecule has 184 valence electrons. The van der Waals surface area contributed by atoms with Gasteiger partial charge in [-0.05, 0) is 56.9 Å². The molecule has 0 saturated heterocycles. The Bertz CT molecular complexity index is 1060. The number of aliphatic hydroxyl groups is 3. The zero-order chi connectivity index (χ0) is 24.6. The molecule has 0 aromatic heterocycles. The van der Waals surface area contributed by atoms with Crippen LogP contribution in [0.5, 0.6) is 0 Å². The van der Waals surface area contributed by atoms with Crippen molar-refractivity contribution in [1.29, 1.82) is 0 Å². The largest absolute Gasteiger partial charge is 0.426 e. The van der Waals surface area contributed by atoms with Crippen LogP contribution in [0, 0.1) is 28.6 Å². The Kier molecular flexibility index (Phi) is 5.21. The lowest BCUT2D eigenvalue weighted by Crippen LogP contribution is -2.62. The highest BCUT2D eigenvalue weighted by molar-refractivity contribution is 6.06. The summed E-state index contributed by atoms with van der Waals surface area (Å²) in [6.45, 7) is 2.84. The van der Waals surface area contributed by atoms with Crippen LogP contribution in [0.4, 0.5) is 0 Å². The van der Waals surface area contributed by atoms with Gasteiger partial charge in [0.15, 0.2) is 11.5 Å². The van der Waals surface area contributed by atoms with E-state index in [-0.39, 0.29) is 49.0 Å². The minimum Gasteiger partial charge on any atom is -0.426 e. The number of ketones is 2. The normalized spacial score (nSPS) is 43.9. The average Bonchev–Trinajstić information content (AvgIpc) is 3.05. The Balaban J connectivity index is 1.62. The molecular weight excluding hydrogens is 444 g/mol. The number of ether oxygens (including phenoxy) is 2. The van der Waals surface area contributed by atoms with Crippen molar-refractivity contribution in [3.8, 4) is 0 Å². The molecule has 34 heavy (non-hydrogen) atoms. The number of carbonyl (C=O) groups is 4. The standard InChI is InChI=1S/C25H30O9/c1-23-10-16(28)20-13(14(23)7-8-25(23,32)17(29)11-26)4-3-12-9-15(27)21-22(24(12,20)2)34-19(31)6-5-18(30)33-21/h9,13-14,16,20,26,28,32H,3-8,10-11H2,1-2H3/t13-,14-,16-,20+,23-,24-,25-/m0/s1. The first-order chi connectivity index (χ1) is 16.0. The number of allylic oxidation sites excluding steroid dienone is 2. The maximum absolute atomic E-state index is 12.9. The molecule has 0 aromatic carbocycles. The summed E-state index contributed by atoms with van der Waals surface area (Å²) in [7, 11) is 0. The molecule has 9 nitrogen and oxygen atoms in total. The van der Waals surface area contributed by atoms with Crippen molar-refractivity contribution in [2.24, 2.45) is 28.6 Å². The molecule has 1 aliphatic heterocycles. The van der Waals surface area contributed by atoms with E-state index in [4.69, 9.17) is 9.47 Å². The second-order valence-corrected chi connectivity index (χ2v) is 10.8.